The number of benzene rings is 1. The van der Waals surface area contributed by atoms with Gasteiger partial charge >= 0.3 is 0 Å². The lowest BCUT2D eigenvalue weighted by Gasteiger charge is -2.38. The van der Waals surface area contributed by atoms with Crippen molar-refractivity contribution in [3.05, 3.63) is 59.4 Å². The number of hydrogen-bond donors (Lipinski definition) is 0. The molecule has 1 aromatic heterocycles. The van der Waals surface area contributed by atoms with Crippen LogP contribution in [0.4, 0.5) is 0 Å². The van der Waals surface area contributed by atoms with Crippen molar-refractivity contribution in [3.63, 3.8) is 0 Å². The average molecular weight is 353 g/mol. The molecule has 2 amide bonds. The van der Waals surface area contributed by atoms with Gasteiger partial charge in [0.05, 0.1) is 19.3 Å². The first-order valence-corrected chi connectivity index (χ1v) is 8.61. The van der Waals surface area contributed by atoms with E-state index < -0.39 is 6.04 Å². The molecule has 1 saturated heterocycles. The maximum Gasteiger partial charge on any atom is 0.245 e. The summed E-state index contributed by atoms with van der Waals surface area (Å²) in [5.74, 6) is 0.657. The number of aryl methyl sites for hydroxylation is 1. The zero-order valence-corrected chi connectivity index (χ0v) is 15.3. The molecule has 1 atom stereocenters. The normalized spacial score (nSPS) is 17.6. The molecule has 6 heteroatoms. The lowest BCUT2D eigenvalue weighted by atomic mass is 10.1. The molecule has 0 spiro atoms. The SMILES string of the molecule is COc1ccc(CN2CC(=O)N(Cc3ncccc3C)[C@@H](C)C2=O)cc1. The summed E-state index contributed by atoms with van der Waals surface area (Å²) >= 11 is 0. The number of carbonyl (C=O) groups is 2. The van der Waals surface area contributed by atoms with Gasteiger partial charge in [0.25, 0.3) is 0 Å². The van der Waals surface area contributed by atoms with Crippen LogP contribution >= 0.6 is 0 Å². The topological polar surface area (TPSA) is 62.7 Å². The Labute approximate surface area is 153 Å². The van der Waals surface area contributed by atoms with Crippen LogP contribution in [0.2, 0.25) is 0 Å². The number of ether oxygens (including phenoxy) is 1. The van der Waals surface area contributed by atoms with Crippen molar-refractivity contribution in [1.82, 2.24) is 14.8 Å². The molecule has 0 radical (unpaired) electrons. The molecule has 0 aliphatic carbocycles. The van der Waals surface area contributed by atoms with Crippen LogP contribution in [0.15, 0.2) is 42.6 Å². The molecule has 0 unspecified atom stereocenters. The van der Waals surface area contributed by atoms with Gasteiger partial charge in [0.2, 0.25) is 11.8 Å². The van der Waals surface area contributed by atoms with E-state index in [9.17, 15) is 9.59 Å². The standard InChI is InChI=1S/C20H23N3O3/c1-14-5-4-10-21-18(14)12-23-15(2)20(25)22(13-19(23)24)11-16-6-8-17(26-3)9-7-16/h4-10,15H,11-13H2,1-3H3/t15-/m0/s1. The van der Waals surface area contributed by atoms with Gasteiger partial charge in [-0.05, 0) is 43.2 Å². The number of methoxy groups -OCH3 is 1. The van der Waals surface area contributed by atoms with Crippen LogP contribution in [-0.2, 0) is 22.7 Å². The van der Waals surface area contributed by atoms with Crippen LogP contribution in [0, 0.1) is 6.92 Å². The predicted octanol–water partition coefficient (Wildman–Crippen LogP) is 2.16. The van der Waals surface area contributed by atoms with E-state index in [1.54, 1.807) is 30.0 Å². The Morgan fingerprint density at radius 3 is 2.54 bits per heavy atom. The largest absolute Gasteiger partial charge is 0.497 e. The Hall–Kier alpha value is -2.89. The third-order valence-electron chi connectivity index (χ3n) is 4.75. The van der Waals surface area contributed by atoms with Crippen LogP contribution < -0.4 is 4.74 Å². The van der Waals surface area contributed by atoms with Crippen LogP contribution in [0.3, 0.4) is 0 Å². The number of piperazine rings is 1. The summed E-state index contributed by atoms with van der Waals surface area (Å²) in [6, 6.07) is 10.8. The second-order valence-electron chi connectivity index (χ2n) is 6.51. The molecular formula is C20H23N3O3. The molecule has 0 saturated carbocycles. The van der Waals surface area contributed by atoms with Crippen molar-refractivity contribution < 1.29 is 14.3 Å². The van der Waals surface area contributed by atoms with Gasteiger partial charge in [-0.3, -0.25) is 14.6 Å². The molecular weight excluding hydrogens is 330 g/mol. The van der Waals surface area contributed by atoms with Crippen LogP contribution in [0.5, 0.6) is 5.75 Å². The van der Waals surface area contributed by atoms with Crippen molar-refractivity contribution in [2.75, 3.05) is 13.7 Å². The molecule has 136 valence electrons. The number of rotatable bonds is 5. The van der Waals surface area contributed by atoms with Crippen LogP contribution in [0.25, 0.3) is 0 Å². The molecule has 6 nitrogen and oxygen atoms in total. The summed E-state index contributed by atoms with van der Waals surface area (Å²) in [5, 5.41) is 0. The van der Waals surface area contributed by atoms with Gasteiger partial charge in [0.1, 0.15) is 18.3 Å². The van der Waals surface area contributed by atoms with Gasteiger partial charge in [-0.15, -0.1) is 0 Å². The molecule has 3 rings (SSSR count). The lowest BCUT2D eigenvalue weighted by molar-refractivity contribution is -0.156. The van der Waals surface area contributed by atoms with Crippen LogP contribution in [0.1, 0.15) is 23.7 Å². The highest BCUT2D eigenvalue weighted by Gasteiger charge is 2.36. The smallest absolute Gasteiger partial charge is 0.245 e. The Balaban J connectivity index is 1.71. The minimum Gasteiger partial charge on any atom is -0.497 e. The number of hydrogen-bond acceptors (Lipinski definition) is 4. The van der Waals surface area contributed by atoms with Crippen molar-refractivity contribution in [1.29, 1.82) is 0 Å². The van der Waals surface area contributed by atoms with E-state index in [0.29, 0.717) is 13.1 Å². The predicted molar refractivity (Wildman–Crippen MR) is 97.4 cm³/mol. The van der Waals surface area contributed by atoms with Crippen molar-refractivity contribution in [3.8, 4) is 5.75 Å². The molecule has 1 aliphatic heterocycles. The number of aromatic nitrogens is 1. The first kappa shape index (κ1) is 17.9. The fraction of sp³-hybridized carbons (Fsp3) is 0.350. The summed E-state index contributed by atoms with van der Waals surface area (Å²) in [7, 11) is 1.61. The first-order valence-electron chi connectivity index (χ1n) is 8.61. The number of carbonyl (C=O) groups excluding carboxylic acids is 2. The summed E-state index contributed by atoms with van der Waals surface area (Å²) in [6.07, 6.45) is 1.71. The second-order valence-corrected chi connectivity index (χ2v) is 6.51. The summed E-state index contributed by atoms with van der Waals surface area (Å²) in [5.41, 5.74) is 2.80. The summed E-state index contributed by atoms with van der Waals surface area (Å²) < 4.78 is 5.15. The van der Waals surface area contributed by atoms with Crippen molar-refractivity contribution in [2.45, 2.75) is 33.0 Å². The maximum absolute atomic E-state index is 12.8. The third kappa shape index (κ3) is 3.69. The Morgan fingerprint density at radius 2 is 1.88 bits per heavy atom. The molecule has 0 bridgehead atoms. The van der Waals surface area contributed by atoms with E-state index >= 15 is 0 Å². The Morgan fingerprint density at radius 1 is 1.15 bits per heavy atom. The fourth-order valence-electron chi connectivity index (χ4n) is 3.10. The number of amides is 2. The van der Waals surface area contributed by atoms with Crippen molar-refractivity contribution >= 4 is 11.8 Å². The Kier molecular flexibility index (Phi) is 5.21. The summed E-state index contributed by atoms with van der Waals surface area (Å²) in [6.45, 7) is 4.59. The Bertz CT molecular complexity index is 804. The zero-order valence-electron chi connectivity index (χ0n) is 15.3. The average Bonchev–Trinajstić information content (AvgIpc) is 2.65. The van der Waals surface area contributed by atoms with Gasteiger partial charge in [0, 0.05) is 12.7 Å². The monoisotopic (exact) mass is 353 g/mol. The fourth-order valence-corrected chi connectivity index (χ4v) is 3.10. The zero-order chi connectivity index (χ0) is 18.7. The van der Waals surface area contributed by atoms with Gasteiger partial charge in [-0.25, -0.2) is 0 Å². The molecule has 1 aromatic carbocycles. The van der Waals surface area contributed by atoms with E-state index in [2.05, 4.69) is 4.98 Å². The highest BCUT2D eigenvalue weighted by molar-refractivity contribution is 5.94. The lowest BCUT2D eigenvalue weighted by Crippen LogP contribution is -2.58. The van der Waals surface area contributed by atoms with E-state index in [4.69, 9.17) is 4.74 Å². The quantitative estimate of drug-likeness (QED) is 0.826. The highest BCUT2D eigenvalue weighted by Crippen LogP contribution is 2.20. The van der Waals surface area contributed by atoms with E-state index in [1.807, 2.05) is 43.3 Å². The maximum atomic E-state index is 12.8. The van der Waals surface area contributed by atoms with Crippen LogP contribution in [-0.4, -0.2) is 46.3 Å². The van der Waals surface area contributed by atoms with Gasteiger partial charge in [-0.1, -0.05) is 18.2 Å². The minimum atomic E-state index is -0.504. The van der Waals surface area contributed by atoms with E-state index in [0.717, 1.165) is 22.6 Å². The number of pyridine rings is 1. The third-order valence-corrected chi connectivity index (χ3v) is 4.75. The molecule has 0 N–H and O–H groups in total. The molecule has 26 heavy (non-hydrogen) atoms. The van der Waals surface area contributed by atoms with Gasteiger partial charge < -0.3 is 14.5 Å². The number of nitrogens with zero attached hydrogens (tertiary/aromatic N) is 3. The molecule has 2 aromatic rings. The highest BCUT2D eigenvalue weighted by atomic mass is 16.5. The van der Waals surface area contributed by atoms with Gasteiger partial charge in [-0.2, -0.15) is 0 Å². The van der Waals surface area contributed by atoms with E-state index in [1.165, 1.54) is 0 Å². The summed E-state index contributed by atoms with van der Waals surface area (Å²) in [4.78, 5) is 33.0. The van der Waals surface area contributed by atoms with E-state index in [-0.39, 0.29) is 18.4 Å². The minimum absolute atomic E-state index is 0.0472. The van der Waals surface area contributed by atoms with Crippen molar-refractivity contribution in [2.24, 2.45) is 0 Å². The second kappa shape index (κ2) is 7.56. The molecule has 2 heterocycles. The first-order chi connectivity index (χ1) is 12.5. The molecule has 1 fully saturated rings. The van der Waals surface area contributed by atoms with Gasteiger partial charge in [0.15, 0.2) is 0 Å². The molecule has 1 aliphatic rings.